The Bertz CT molecular complexity index is 1100. The van der Waals surface area contributed by atoms with Crippen molar-refractivity contribution in [1.29, 1.82) is 0 Å². The molecule has 0 fully saturated rings. The maximum atomic E-state index is 12.2. The zero-order valence-corrected chi connectivity index (χ0v) is 18.4. The van der Waals surface area contributed by atoms with E-state index in [-0.39, 0.29) is 24.8 Å². The summed E-state index contributed by atoms with van der Waals surface area (Å²) in [7, 11) is 3.85. The molecule has 2 amide bonds. The Balaban J connectivity index is 1.58. The number of carbonyl (C=O) groups excluding carboxylic acids is 2. The molecule has 30 heavy (non-hydrogen) atoms. The molecule has 0 saturated heterocycles. The van der Waals surface area contributed by atoms with Gasteiger partial charge in [0.15, 0.2) is 5.58 Å². The van der Waals surface area contributed by atoms with Gasteiger partial charge in [-0.2, -0.15) is 0 Å². The molecule has 0 unspecified atom stereocenters. The Hall–Kier alpha value is -2.91. The molecule has 158 valence electrons. The number of hydrogen-bond donors (Lipinski definition) is 2. The van der Waals surface area contributed by atoms with Gasteiger partial charge >= 0.3 is 5.76 Å². The third-order valence-electron chi connectivity index (χ3n) is 4.47. The predicted molar refractivity (Wildman–Crippen MR) is 119 cm³/mol. The molecule has 9 heteroatoms. The van der Waals surface area contributed by atoms with Gasteiger partial charge in [0.25, 0.3) is 5.91 Å². The topological polar surface area (TPSA) is 96.6 Å². The fraction of sp³-hybridized carbons (Fsp3) is 0.286. The summed E-state index contributed by atoms with van der Waals surface area (Å²) in [6.45, 7) is 1.38. The molecule has 0 aliphatic carbocycles. The van der Waals surface area contributed by atoms with Gasteiger partial charge in [0, 0.05) is 41.8 Å². The van der Waals surface area contributed by atoms with Crippen molar-refractivity contribution in [3.05, 3.63) is 63.1 Å². The van der Waals surface area contributed by atoms with Crippen LogP contribution < -0.4 is 16.4 Å². The van der Waals surface area contributed by atoms with Crippen molar-refractivity contribution in [3.63, 3.8) is 0 Å². The summed E-state index contributed by atoms with van der Waals surface area (Å²) < 4.78 is 7.69. The number of nitrogens with one attached hydrogen (secondary N) is 2. The molecule has 0 bridgehead atoms. The second-order valence-corrected chi connectivity index (χ2v) is 7.98. The lowest BCUT2D eigenvalue weighted by molar-refractivity contribution is -0.116. The molecule has 3 rings (SSSR count). The normalized spacial score (nSPS) is 11.1. The molecule has 0 atom stereocenters. The monoisotopic (exact) mass is 474 g/mol. The largest absolute Gasteiger partial charge is 0.419 e. The molecular formula is C21H23BrN4O4. The van der Waals surface area contributed by atoms with Gasteiger partial charge in [0.2, 0.25) is 5.91 Å². The van der Waals surface area contributed by atoms with Crippen LogP contribution in [-0.2, 0) is 11.3 Å². The van der Waals surface area contributed by atoms with Crippen LogP contribution in [-0.4, -0.2) is 48.5 Å². The first kappa shape index (κ1) is 21.8. The van der Waals surface area contributed by atoms with E-state index < -0.39 is 5.76 Å². The summed E-state index contributed by atoms with van der Waals surface area (Å²) in [4.78, 5) is 38.4. The van der Waals surface area contributed by atoms with Crippen LogP contribution in [0.25, 0.3) is 11.1 Å². The van der Waals surface area contributed by atoms with E-state index in [0.717, 1.165) is 4.47 Å². The SMILES string of the molecule is CN(C)CCn1c(=O)oc2ccc(NC(=O)CCNC(=O)c3ccc(Br)cc3)cc21. The first-order chi connectivity index (χ1) is 14.3. The molecule has 1 aromatic heterocycles. The molecule has 0 spiro atoms. The molecule has 0 saturated carbocycles. The molecule has 2 aromatic carbocycles. The van der Waals surface area contributed by atoms with Crippen LogP contribution in [0.4, 0.5) is 5.69 Å². The van der Waals surface area contributed by atoms with E-state index >= 15 is 0 Å². The maximum absolute atomic E-state index is 12.2. The minimum absolute atomic E-state index is 0.124. The van der Waals surface area contributed by atoms with E-state index in [2.05, 4.69) is 26.6 Å². The van der Waals surface area contributed by atoms with E-state index in [1.54, 1.807) is 47.0 Å². The van der Waals surface area contributed by atoms with Crippen molar-refractivity contribution in [1.82, 2.24) is 14.8 Å². The molecule has 2 N–H and O–H groups in total. The zero-order valence-electron chi connectivity index (χ0n) is 16.8. The van der Waals surface area contributed by atoms with E-state index in [1.807, 2.05) is 19.0 Å². The van der Waals surface area contributed by atoms with Crippen LogP contribution in [0.2, 0.25) is 0 Å². The minimum Gasteiger partial charge on any atom is -0.408 e. The number of rotatable bonds is 8. The quantitative estimate of drug-likeness (QED) is 0.523. The molecule has 0 aliphatic rings. The van der Waals surface area contributed by atoms with Gasteiger partial charge in [0.1, 0.15) is 0 Å². The number of likely N-dealkylation sites (N-methyl/N-ethyl adjacent to an activating group) is 1. The van der Waals surface area contributed by atoms with Crippen LogP contribution in [0.3, 0.4) is 0 Å². The third kappa shape index (κ3) is 5.58. The van der Waals surface area contributed by atoms with Crippen molar-refractivity contribution in [2.45, 2.75) is 13.0 Å². The van der Waals surface area contributed by atoms with Gasteiger partial charge in [-0.3, -0.25) is 14.2 Å². The minimum atomic E-state index is -0.425. The Morgan fingerprint density at radius 2 is 1.87 bits per heavy atom. The summed E-state index contributed by atoms with van der Waals surface area (Å²) in [5.74, 6) is -0.901. The molecule has 3 aromatic rings. The van der Waals surface area contributed by atoms with Gasteiger partial charge < -0.3 is 20.0 Å². The third-order valence-corrected chi connectivity index (χ3v) is 4.99. The van der Waals surface area contributed by atoms with Gasteiger partial charge in [0.05, 0.1) is 5.52 Å². The number of nitrogens with zero attached hydrogens (tertiary/aromatic N) is 2. The number of benzene rings is 2. The molecule has 8 nitrogen and oxygen atoms in total. The lowest BCUT2D eigenvalue weighted by Crippen LogP contribution is -2.27. The van der Waals surface area contributed by atoms with Gasteiger partial charge in [-0.25, -0.2) is 4.79 Å². The summed E-state index contributed by atoms with van der Waals surface area (Å²) in [5, 5.41) is 5.52. The lowest BCUT2D eigenvalue weighted by atomic mass is 10.2. The highest BCUT2D eigenvalue weighted by atomic mass is 79.9. The number of halogens is 1. The average Bonchev–Trinajstić information content (AvgIpc) is 3.01. The first-order valence-electron chi connectivity index (χ1n) is 9.45. The van der Waals surface area contributed by atoms with Crippen LogP contribution in [0, 0.1) is 0 Å². The Kier molecular flexibility index (Phi) is 7.07. The van der Waals surface area contributed by atoms with Crippen LogP contribution >= 0.6 is 15.9 Å². The fourth-order valence-corrected chi connectivity index (χ4v) is 3.13. The number of hydrogen-bond acceptors (Lipinski definition) is 5. The summed E-state index contributed by atoms with van der Waals surface area (Å²) in [6.07, 6.45) is 0.124. The van der Waals surface area contributed by atoms with Crippen molar-refractivity contribution in [2.75, 3.05) is 32.5 Å². The second-order valence-electron chi connectivity index (χ2n) is 7.07. The van der Waals surface area contributed by atoms with E-state index in [4.69, 9.17) is 4.42 Å². The van der Waals surface area contributed by atoms with Crippen molar-refractivity contribution < 1.29 is 14.0 Å². The van der Waals surface area contributed by atoms with Crippen LogP contribution in [0.5, 0.6) is 0 Å². The molecule has 0 radical (unpaired) electrons. The number of carbonyl (C=O) groups is 2. The Labute approximate surface area is 182 Å². The molecule has 0 aliphatic heterocycles. The van der Waals surface area contributed by atoms with Crippen molar-refractivity contribution >= 4 is 44.5 Å². The Morgan fingerprint density at radius 3 is 2.57 bits per heavy atom. The van der Waals surface area contributed by atoms with Gasteiger partial charge in [-0.05, 0) is 56.6 Å². The summed E-state index contributed by atoms with van der Waals surface area (Å²) in [6, 6.07) is 12.0. The number of anilines is 1. The van der Waals surface area contributed by atoms with Crippen LogP contribution in [0.1, 0.15) is 16.8 Å². The highest BCUT2D eigenvalue weighted by molar-refractivity contribution is 9.10. The molecule has 1 heterocycles. The van der Waals surface area contributed by atoms with Crippen molar-refractivity contribution in [3.8, 4) is 0 Å². The number of oxazole rings is 1. The smallest absolute Gasteiger partial charge is 0.408 e. The van der Waals surface area contributed by atoms with E-state index in [9.17, 15) is 14.4 Å². The average molecular weight is 475 g/mol. The van der Waals surface area contributed by atoms with Crippen molar-refractivity contribution in [2.24, 2.45) is 0 Å². The highest BCUT2D eigenvalue weighted by Crippen LogP contribution is 2.19. The van der Waals surface area contributed by atoms with Gasteiger partial charge in [-0.1, -0.05) is 15.9 Å². The first-order valence-corrected chi connectivity index (χ1v) is 10.2. The number of aromatic nitrogens is 1. The lowest BCUT2D eigenvalue weighted by Gasteiger charge is -2.10. The summed E-state index contributed by atoms with van der Waals surface area (Å²) in [5.41, 5.74) is 2.19. The molecular weight excluding hydrogens is 452 g/mol. The standard InChI is InChI=1S/C21H23BrN4O4/c1-25(2)11-12-26-17-13-16(7-8-18(17)30-21(26)29)24-19(27)9-10-23-20(28)14-3-5-15(22)6-4-14/h3-8,13H,9-12H2,1-2H3,(H,23,28)(H,24,27). The van der Waals surface area contributed by atoms with Crippen LogP contribution in [0.15, 0.2) is 56.1 Å². The second kappa shape index (κ2) is 9.73. The Morgan fingerprint density at radius 1 is 1.13 bits per heavy atom. The summed E-state index contributed by atoms with van der Waals surface area (Å²) >= 11 is 3.32. The maximum Gasteiger partial charge on any atom is 0.419 e. The fourth-order valence-electron chi connectivity index (χ4n) is 2.87. The van der Waals surface area contributed by atoms with E-state index in [1.165, 1.54) is 0 Å². The number of fused-ring (bicyclic) bond motifs is 1. The van der Waals surface area contributed by atoms with E-state index in [0.29, 0.717) is 35.4 Å². The van der Waals surface area contributed by atoms with Gasteiger partial charge in [-0.15, -0.1) is 0 Å². The number of amides is 2. The predicted octanol–water partition coefficient (Wildman–Crippen LogP) is 2.68. The highest BCUT2D eigenvalue weighted by Gasteiger charge is 2.12. The zero-order chi connectivity index (χ0) is 21.7.